The Morgan fingerprint density at radius 3 is 2.57 bits per heavy atom. The maximum atomic E-state index is 14.9. The number of likely N-dealkylation sites (tertiary alicyclic amines) is 1. The van der Waals surface area contributed by atoms with Crippen LogP contribution in [0.5, 0.6) is 5.75 Å². The molecule has 5 rings (SSSR count). The molecule has 3 atom stereocenters. The molecule has 3 aliphatic rings. The normalized spacial score (nSPS) is 24.6. The number of fused-ring (bicyclic) bond motifs is 1. The van der Waals surface area contributed by atoms with E-state index in [0.29, 0.717) is 12.2 Å². The highest BCUT2D eigenvalue weighted by atomic mass is 19.2. The van der Waals surface area contributed by atoms with Gasteiger partial charge in [0.1, 0.15) is 11.7 Å². The van der Waals surface area contributed by atoms with Gasteiger partial charge in [-0.05, 0) is 54.4 Å². The molecule has 0 bridgehead atoms. The van der Waals surface area contributed by atoms with Gasteiger partial charge < -0.3 is 20.7 Å². The minimum absolute atomic E-state index is 0.00878. The third kappa shape index (κ3) is 4.32. The van der Waals surface area contributed by atoms with Crippen LogP contribution in [0.3, 0.4) is 0 Å². The number of carbonyl (C=O) groups is 3. The van der Waals surface area contributed by atoms with Crippen LogP contribution in [0, 0.1) is 34.3 Å². The zero-order chi connectivity index (χ0) is 26.7. The molecule has 2 aliphatic carbocycles. The van der Waals surface area contributed by atoms with E-state index < -0.39 is 41.1 Å². The standard InChI is InChI=1S/C27H30F2N4O4/c1-26(2)16-12-33(21(19(16)26)24(35)32-14-7-10-31-18(11-14)23(30)34)25(36)15-5-6-17(28)20(29)22(15)37-13-27(3)8-4-9-27/h5-7,10-11,16,19,21H,4,8-9,12-13H2,1-3H3,(H2,30,34)(H,31,32,35)/t16-,19-,21-/m0/s1. The third-order valence-electron chi connectivity index (χ3n) is 8.42. The van der Waals surface area contributed by atoms with Gasteiger partial charge in [-0.2, -0.15) is 4.39 Å². The zero-order valence-electron chi connectivity index (χ0n) is 21.0. The predicted molar refractivity (Wildman–Crippen MR) is 131 cm³/mol. The van der Waals surface area contributed by atoms with Crippen molar-refractivity contribution in [1.29, 1.82) is 0 Å². The number of amides is 3. The van der Waals surface area contributed by atoms with E-state index in [-0.39, 0.29) is 40.5 Å². The number of piperidine rings is 1. The summed E-state index contributed by atoms with van der Waals surface area (Å²) in [6.07, 6.45) is 4.21. The summed E-state index contributed by atoms with van der Waals surface area (Å²) in [4.78, 5) is 44.0. The van der Waals surface area contributed by atoms with Gasteiger partial charge in [0, 0.05) is 23.8 Å². The zero-order valence-corrected chi connectivity index (χ0v) is 21.0. The number of nitrogens with one attached hydrogen (secondary N) is 1. The highest BCUT2D eigenvalue weighted by Gasteiger charge is 2.69. The fourth-order valence-corrected chi connectivity index (χ4v) is 5.82. The second-order valence-corrected chi connectivity index (χ2v) is 11.3. The molecular weight excluding hydrogens is 482 g/mol. The molecule has 1 aliphatic heterocycles. The molecule has 3 amide bonds. The Bertz CT molecular complexity index is 1290. The number of rotatable bonds is 7. The van der Waals surface area contributed by atoms with Crippen molar-refractivity contribution in [2.24, 2.45) is 28.4 Å². The fraction of sp³-hybridized carbons (Fsp3) is 0.481. The average Bonchev–Trinajstić information content (AvgIpc) is 3.17. The molecule has 2 aromatic rings. The summed E-state index contributed by atoms with van der Waals surface area (Å²) in [6, 6.07) is 4.15. The Morgan fingerprint density at radius 2 is 1.92 bits per heavy atom. The van der Waals surface area contributed by atoms with Crippen molar-refractivity contribution in [1.82, 2.24) is 9.88 Å². The number of hydrogen-bond donors (Lipinski definition) is 2. The van der Waals surface area contributed by atoms with Crippen LogP contribution in [0.4, 0.5) is 14.5 Å². The van der Waals surface area contributed by atoms with Gasteiger partial charge in [0.05, 0.1) is 12.2 Å². The summed E-state index contributed by atoms with van der Waals surface area (Å²) in [5, 5.41) is 2.76. The molecule has 1 saturated heterocycles. The van der Waals surface area contributed by atoms with Crippen LogP contribution in [0.1, 0.15) is 60.9 Å². The molecule has 10 heteroatoms. The number of primary amides is 1. The van der Waals surface area contributed by atoms with Gasteiger partial charge in [-0.25, -0.2) is 4.39 Å². The Hall–Kier alpha value is -3.56. The van der Waals surface area contributed by atoms with Gasteiger partial charge in [0.2, 0.25) is 11.7 Å². The number of anilines is 1. The number of aromatic nitrogens is 1. The van der Waals surface area contributed by atoms with Crippen LogP contribution < -0.4 is 15.8 Å². The van der Waals surface area contributed by atoms with Crippen molar-refractivity contribution in [3.05, 3.63) is 53.4 Å². The predicted octanol–water partition coefficient (Wildman–Crippen LogP) is 3.76. The molecule has 196 valence electrons. The van der Waals surface area contributed by atoms with Gasteiger partial charge in [-0.1, -0.05) is 27.2 Å². The van der Waals surface area contributed by atoms with Crippen molar-refractivity contribution in [3.8, 4) is 5.75 Å². The summed E-state index contributed by atoms with van der Waals surface area (Å²) in [6.45, 7) is 6.54. The fourth-order valence-electron chi connectivity index (χ4n) is 5.82. The molecule has 3 fully saturated rings. The van der Waals surface area contributed by atoms with E-state index in [1.54, 1.807) is 0 Å². The van der Waals surface area contributed by atoms with Crippen LogP contribution in [0.2, 0.25) is 0 Å². The highest BCUT2D eigenvalue weighted by molar-refractivity contribution is 6.04. The molecule has 37 heavy (non-hydrogen) atoms. The maximum absolute atomic E-state index is 14.9. The van der Waals surface area contributed by atoms with E-state index in [1.165, 1.54) is 29.3 Å². The van der Waals surface area contributed by atoms with Crippen molar-refractivity contribution >= 4 is 23.4 Å². The molecule has 2 heterocycles. The van der Waals surface area contributed by atoms with Crippen LogP contribution in [-0.2, 0) is 4.79 Å². The number of benzene rings is 1. The Balaban J connectivity index is 1.42. The van der Waals surface area contributed by atoms with Gasteiger partial charge in [0.25, 0.3) is 11.8 Å². The second kappa shape index (κ2) is 8.78. The van der Waals surface area contributed by atoms with E-state index in [4.69, 9.17) is 10.5 Å². The van der Waals surface area contributed by atoms with Crippen molar-refractivity contribution in [2.75, 3.05) is 18.5 Å². The van der Waals surface area contributed by atoms with Crippen molar-refractivity contribution in [2.45, 2.75) is 46.1 Å². The first kappa shape index (κ1) is 25.1. The smallest absolute Gasteiger partial charge is 0.267 e. The largest absolute Gasteiger partial charge is 0.489 e. The average molecular weight is 513 g/mol. The number of halogens is 2. The first-order valence-electron chi connectivity index (χ1n) is 12.4. The molecule has 0 spiro atoms. The number of nitrogens with two attached hydrogens (primary N) is 1. The van der Waals surface area contributed by atoms with Gasteiger partial charge in [-0.3, -0.25) is 19.4 Å². The van der Waals surface area contributed by atoms with E-state index in [2.05, 4.69) is 10.3 Å². The van der Waals surface area contributed by atoms with E-state index in [9.17, 15) is 23.2 Å². The van der Waals surface area contributed by atoms with Gasteiger partial charge in [0.15, 0.2) is 11.6 Å². The second-order valence-electron chi connectivity index (χ2n) is 11.3. The molecule has 8 nitrogen and oxygen atoms in total. The molecule has 1 aromatic heterocycles. The van der Waals surface area contributed by atoms with Crippen molar-refractivity contribution in [3.63, 3.8) is 0 Å². The third-order valence-corrected chi connectivity index (χ3v) is 8.42. The van der Waals surface area contributed by atoms with Crippen molar-refractivity contribution < 1.29 is 27.9 Å². The molecule has 2 saturated carbocycles. The van der Waals surface area contributed by atoms with Gasteiger partial charge in [-0.15, -0.1) is 0 Å². The first-order valence-corrected chi connectivity index (χ1v) is 12.4. The molecule has 3 N–H and O–H groups in total. The SMILES string of the molecule is CC1(COc2c(C(=O)N3C[C@H]4[C@@H]([C@H]3C(=O)Nc3ccnc(C(N)=O)c3)C4(C)C)ccc(F)c2F)CCC1. The summed E-state index contributed by atoms with van der Waals surface area (Å²) < 4.78 is 34.7. The Labute approximate surface area is 213 Å². The van der Waals surface area contributed by atoms with Gasteiger partial charge >= 0.3 is 0 Å². The summed E-state index contributed by atoms with van der Waals surface area (Å²) in [5.74, 6) is -4.55. The van der Waals surface area contributed by atoms with E-state index in [0.717, 1.165) is 25.3 Å². The molecular formula is C27H30F2N4O4. The molecule has 0 unspecified atom stereocenters. The lowest BCUT2D eigenvalue weighted by Gasteiger charge is -2.38. The summed E-state index contributed by atoms with van der Waals surface area (Å²) >= 11 is 0. The number of hydrogen-bond acceptors (Lipinski definition) is 5. The highest BCUT2D eigenvalue weighted by Crippen LogP contribution is 2.65. The Kier molecular flexibility index (Phi) is 5.96. The monoisotopic (exact) mass is 512 g/mol. The summed E-state index contributed by atoms with van der Waals surface area (Å²) in [5.41, 5.74) is 5.17. The molecule has 1 aromatic carbocycles. The minimum Gasteiger partial charge on any atom is -0.489 e. The van der Waals surface area contributed by atoms with Crippen LogP contribution >= 0.6 is 0 Å². The van der Waals surface area contributed by atoms with Crippen LogP contribution in [-0.4, -0.2) is 46.8 Å². The lowest BCUT2D eigenvalue weighted by molar-refractivity contribution is -0.120. The lowest BCUT2D eigenvalue weighted by atomic mass is 9.71. The minimum atomic E-state index is -1.21. The maximum Gasteiger partial charge on any atom is 0.267 e. The van der Waals surface area contributed by atoms with E-state index in [1.807, 2.05) is 20.8 Å². The summed E-state index contributed by atoms with van der Waals surface area (Å²) in [7, 11) is 0. The quantitative estimate of drug-likeness (QED) is 0.586. The molecule has 0 radical (unpaired) electrons. The topological polar surface area (TPSA) is 115 Å². The number of carbonyl (C=O) groups excluding carboxylic acids is 3. The number of ether oxygens (including phenoxy) is 1. The number of pyridine rings is 1. The van der Waals surface area contributed by atoms with E-state index >= 15 is 0 Å². The lowest BCUT2D eigenvalue weighted by Crippen LogP contribution is -2.47. The Morgan fingerprint density at radius 1 is 1.19 bits per heavy atom. The number of nitrogens with zero attached hydrogens (tertiary/aromatic N) is 2. The first-order chi connectivity index (χ1) is 17.4. The van der Waals surface area contributed by atoms with Crippen LogP contribution in [0.15, 0.2) is 30.5 Å². The van der Waals surface area contributed by atoms with Crippen LogP contribution in [0.25, 0.3) is 0 Å².